The molecule has 1 unspecified atom stereocenters. The average Bonchev–Trinajstić information content (AvgIpc) is 3.16. The highest BCUT2D eigenvalue weighted by Crippen LogP contribution is 2.41. The van der Waals surface area contributed by atoms with Crippen molar-refractivity contribution >= 4 is 23.5 Å². The minimum atomic E-state index is -0.563. The van der Waals surface area contributed by atoms with Crippen LogP contribution in [0.2, 0.25) is 0 Å². The molecule has 1 aromatic rings. The predicted octanol–water partition coefficient (Wildman–Crippen LogP) is 3.01. The van der Waals surface area contributed by atoms with Crippen molar-refractivity contribution in [3.8, 4) is 5.75 Å². The maximum atomic E-state index is 13.1. The lowest BCUT2D eigenvalue weighted by Gasteiger charge is -2.39. The SMILES string of the molecule is C=C(C)CC(NC(C)=O)C(=O)N1CCC2(CCN(C(=O)Nc3ccccc3OC)CC2)C1. The molecular formula is C24H34N4O4. The fourth-order valence-electron chi connectivity index (χ4n) is 4.67. The van der Waals surface area contributed by atoms with Crippen LogP contribution in [0.25, 0.3) is 0 Å². The van der Waals surface area contributed by atoms with Crippen molar-refractivity contribution in [3.63, 3.8) is 0 Å². The number of nitrogens with one attached hydrogen (secondary N) is 2. The first-order valence-corrected chi connectivity index (χ1v) is 11.1. The molecule has 0 bridgehead atoms. The van der Waals surface area contributed by atoms with Gasteiger partial charge in [0.15, 0.2) is 0 Å². The molecular weight excluding hydrogens is 408 g/mol. The summed E-state index contributed by atoms with van der Waals surface area (Å²) in [5, 5.41) is 5.71. The van der Waals surface area contributed by atoms with E-state index in [9.17, 15) is 14.4 Å². The molecule has 32 heavy (non-hydrogen) atoms. The third-order valence-corrected chi connectivity index (χ3v) is 6.44. The Labute approximate surface area is 190 Å². The summed E-state index contributed by atoms with van der Waals surface area (Å²) in [6, 6.07) is 6.65. The molecule has 3 rings (SSSR count). The summed E-state index contributed by atoms with van der Waals surface area (Å²) >= 11 is 0. The smallest absolute Gasteiger partial charge is 0.321 e. The minimum absolute atomic E-state index is 0.0286. The first-order chi connectivity index (χ1) is 15.2. The maximum absolute atomic E-state index is 13.1. The number of anilines is 1. The van der Waals surface area contributed by atoms with Crippen LogP contribution in [0.5, 0.6) is 5.75 Å². The molecule has 174 valence electrons. The monoisotopic (exact) mass is 442 g/mol. The number of urea groups is 1. The molecule has 1 spiro atoms. The number of piperidine rings is 1. The van der Waals surface area contributed by atoms with Crippen LogP contribution in [0, 0.1) is 5.41 Å². The molecule has 8 nitrogen and oxygen atoms in total. The summed E-state index contributed by atoms with van der Waals surface area (Å²) in [6.45, 7) is 9.81. The maximum Gasteiger partial charge on any atom is 0.321 e. The molecule has 2 fully saturated rings. The molecule has 4 amide bonds. The Kier molecular flexibility index (Phi) is 7.43. The van der Waals surface area contributed by atoms with E-state index in [1.807, 2.05) is 41.0 Å². The van der Waals surface area contributed by atoms with Crippen molar-refractivity contribution in [2.24, 2.45) is 5.41 Å². The number of hydrogen-bond acceptors (Lipinski definition) is 4. The van der Waals surface area contributed by atoms with E-state index in [4.69, 9.17) is 4.74 Å². The van der Waals surface area contributed by atoms with Crippen molar-refractivity contribution < 1.29 is 19.1 Å². The van der Waals surface area contributed by atoms with Gasteiger partial charge in [0, 0.05) is 33.1 Å². The van der Waals surface area contributed by atoms with Crippen molar-refractivity contribution in [3.05, 3.63) is 36.4 Å². The van der Waals surface area contributed by atoms with E-state index in [1.165, 1.54) is 6.92 Å². The van der Waals surface area contributed by atoms with Gasteiger partial charge in [0.25, 0.3) is 0 Å². The Morgan fingerprint density at radius 2 is 1.72 bits per heavy atom. The molecule has 0 aromatic heterocycles. The lowest BCUT2D eigenvalue weighted by molar-refractivity contribution is -0.135. The first kappa shape index (κ1) is 23.6. The zero-order valence-electron chi connectivity index (χ0n) is 19.3. The number of ether oxygens (including phenoxy) is 1. The van der Waals surface area contributed by atoms with Crippen molar-refractivity contribution in [2.45, 2.75) is 45.6 Å². The number of nitrogens with zero attached hydrogens (tertiary/aromatic N) is 2. The number of para-hydroxylation sites is 2. The summed E-state index contributed by atoms with van der Waals surface area (Å²) in [5.74, 6) is 0.368. The van der Waals surface area contributed by atoms with E-state index in [-0.39, 0.29) is 23.3 Å². The molecule has 0 radical (unpaired) electrons. The summed E-state index contributed by atoms with van der Waals surface area (Å²) < 4.78 is 5.31. The molecule has 2 aliphatic rings. The largest absolute Gasteiger partial charge is 0.495 e. The third kappa shape index (κ3) is 5.60. The van der Waals surface area contributed by atoms with Crippen molar-refractivity contribution in [1.29, 1.82) is 0 Å². The van der Waals surface area contributed by atoms with Crippen LogP contribution in [0.4, 0.5) is 10.5 Å². The summed E-state index contributed by atoms with van der Waals surface area (Å²) in [6.07, 6.45) is 3.06. The number of carbonyl (C=O) groups is 3. The third-order valence-electron chi connectivity index (χ3n) is 6.44. The molecule has 0 aliphatic carbocycles. The molecule has 2 saturated heterocycles. The lowest BCUT2D eigenvalue weighted by Crippen LogP contribution is -2.49. The first-order valence-electron chi connectivity index (χ1n) is 11.1. The number of carbonyl (C=O) groups excluding carboxylic acids is 3. The fourth-order valence-corrected chi connectivity index (χ4v) is 4.67. The highest BCUT2D eigenvalue weighted by molar-refractivity contribution is 5.91. The second kappa shape index (κ2) is 10.1. The Morgan fingerprint density at radius 1 is 1.09 bits per heavy atom. The quantitative estimate of drug-likeness (QED) is 0.663. The van der Waals surface area contributed by atoms with Crippen LogP contribution in [-0.2, 0) is 9.59 Å². The topological polar surface area (TPSA) is 91.0 Å². The van der Waals surface area contributed by atoms with Gasteiger partial charge in [-0.1, -0.05) is 17.7 Å². The van der Waals surface area contributed by atoms with E-state index in [0.29, 0.717) is 44.0 Å². The minimum Gasteiger partial charge on any atom is -0.495 e. The van der Waals surface area contributed by atoms with Crippen molar-refractivity contribution in [2.75, 3.05) is 38.6 Å². The van der Waals surface area contributed by atoms with Crippen LogP contribution >= 0.6 is 0 Å². The van der Waals surface area contributed by atoms with Crippen LogP contribution in [0.15, 0.2) is 36.4 Å². The zero-order valence-corrected chi connectivity index (χ0v) is 19.3. The Morgan fingerprint density at radius 3 is 2.31 bits per heavy atom. The van der Waals surface area contributed by atoms with Crippen molar-refractivity contribution in [1.82, 2.24) is 15.1 Å². The van der Waals surface area contributed by atoms with Gasteiger partial charge in [-0.25, -0.2) is 4.79 Å². The van der Waals surface area contributed by atoms with E-state index in [1.54, 1.807) is 7.11 Å². The molecule has 2 N–H and O–H groups in total. The van der Waals surface area contributed by atoms with Gasteiger partial charge in [-0.2, -0.15) is 0 Å². The Balaban J connectivity index is 1.56. The number of likely N-dealkylation sites (tertiary alicyclic amines) is 2. The summed E-state index contributed by atoms with van der Waals surface area (Å²) in [5.41, 5.74) is 1.54. The van der Waals surface area contributed by atoms with Crippen LogP contribution in [0.3, 0.4) is 0 Å². The number of amides is 4. The second-order valence-corrected chi connectivity index (χ2v) is 9.04. The van der Waals surface area contributed by atoms with E-state index < -0.39 is 6.04 Å². The van der Waals surface area contributed by atoms with Gasteiger partial charge in [0.2, 0.25) is 11.8 Å². The summed E-state index contributed by atoms with van der Waals surface area (Å²) in [7, 11) is 1.58. The van der Waals surface area contributed by atoms with Crippen LogP contribution in [-0.4, -0.2) is 67.0 Å². The van der Waals surface area contributed by atoms with Gasteiger partial charge in [-0.3, -0.25) is 9.59 Å². The molecule has 0 saturated carbocycles. The lowest BCUT2D eigenvalue weighted by atomic mass is 9.78. The molecule has 2 heterocycles. The van der Waals surface area contributed by atoms with E-state index in [2.05, 4.69) is 17.2 Å². The van der Waals surface area contributed by atoms with E-state index >= 15 is 0 Å². The predicted molar refractivity (Wildman–Crippen MR) is 123 cm³/mol. The number of methoxy groups -OCH3 is 1. The van der Waals surface area contributed by atoms with Gasteiger partial charge in [0.05, 0.1) is 12.8 Å². The van der Waals surface area contributed by atoms with Gasteiger partial charge < -0.3 is 25.2 Å². The normalized spacial score (nSPS) is 18.2. The molecule has 1 atom stereocenters. The number of hydrogen-bond donors (Lipinski definition) is 2. The van der Waals surface area contributed by atoms with Gasteiger partial charge >= 0.3 is 6.03 Å². The molecule has 8 heteroatoms. The van der Waals surface area contributed by atoms with Gasteiger partial charge in [-0.15, -0.1) is 6.58 Å². The Hall–Kier alpha value is -3.03. The molecule has 1 aromatic carbocycles. The van der Waals surface area contributed by atoms with Crippen LogP contribution < -0.4 is 15.4 Å². The van der Waals surface area contributed by atoms with Crippen LogP contribution in [0.1, 0.15) is 39.5 Å². The molecule has 2 aliphatic heterocycles. The fraction of sp³-hybridized carbons (Fsp3) is 0.542. The average molecular weight is 443 g/mol. The number of benzene rings is 1. The van der Waals surface area contributed by atoms with E-state index in [0.717, 1.165) is 24.8 Å². The highest BCUT2D eigenvalue weighted by Gasteiger charge is 2.43. The summed E-state index contributed by atoms with van der Waals surface area (Å²) in [4.78, 5) is 41.1. The van der Waals surface area contributed by atoms with Gasteiger partial charge in [-0.05, 0) is 50.2 Å². The zero-order chi connectivity index (χ0) is 23.3. The highest BCUT2D eigenvalue weighted by atomic mass is 16.5. The number of rotatable bonds is 6. The van der Waals surface area contributed by atoms with Gasteiger partial charge in [0.1, 0.15) is 11.8 Å². The standard InChI is InChI=1S/C24H34N4O4/c1-17(2)15-20(25-18(3)29)22(30)28-14-11-24(16-28)9-12-27(13-10-24)23(31)26-19-7-5-6-8-21(19)32-4/h5-8,20H,1,9-16H2,2-4H3,(H,25,29)(H,26,31). The second-order valence-electron chi connectivity index (χ2n) is 9.04. The Bertz CT molecular complexity index is 861.